The van der Waals surface area contributed by atoms with Crippen molar-refractivity contribution < 1.29 is 9.53 Å². The number of hydrogen-bond acceptors (Lipinski definition) is 5. The number of nitrogens with zero attached hydrogens (tertiary/aromatic N) is 4. The molecule has 7 nitrogen and oxygen atoms in total. The molecule has 3 heterocycles. The molecule has 2 aromatic heterocycles. The molecule has 1 amide bonds. The summed E-state index contributed by atoms with van der Waals surface area (Å²) in [5.41, 5.74) is 0.417. The zero-order valence-electron chi connectivity index (χ0n) is 14.4. The van der Waals surface area contributed by atoms with Crippen molar-refractivity contribution in [2.24, 2.45) is 0 Å². The van der Waals surface area contributed by atoms with Gasteiger partial charge in [0, 0.05) is 19.2 Å². The third-order valence-corrected chi connectivity index (χ3v) is 5.14. The monoisotopic (exact) mass is 428 g/mol. The molecule has 8 heteroatoms. The van der Waals surface area contributed by atoms with Crippen molar-refractivity contribution in [3.05, 3.63) is 63.7 Å². The van der Waals surface area contributed by atoms with Crippen LogP contribution in [0.15, 0.2) is 58.2 Å². The summed E-state index contributed by atoms with van der Waals surface area (Å²) in [4.78, 5) is 35.3. The molecule has 0 N–H and O–H groups in total. The number of rotatable bonds is 4. The summed E-state index contributed by atoms with van der Waals surface area (Å²) >= 11 is 3.41. The number of fused-ring (bicyclic) bond motifs is 1. The van der Waals surface area contributed by atoms with Crippen molar-refractivity contribution >= 4 is 32.7 Å². The molecule has 0 spiro atoms. The van der Waals surface area contributed by atoms with E-state index in [4.69, 9.17) is 4.74 Å². The van der Waals surface area contributed by atoms with Crippen LogP contribution < -0.4 is 10.3 Å². The quantitative estimate of drug-likeness (QED) is 0.636. The first-order valence-electron chi connectivity index (χ1n) is 8.61. The summed E-state index contributed by atoms with van der Waals surface area (Å²) in [6.07, 6.45) is 3.69. The Morgan fingerprint density at radius 2 is 2.07 bits per heavy atom. The van der Waals surface area contributed by atoms with Gasteiger partial charge in [0.05, 0.1) is 28.2 Å². The molecule has 0 unspecified atom stereocenters. The number of halogens is 1. The fourth-order valence-electron chi connectivity index (χ4n) is 3.13. The van der Waals surface area contributed by atoms with Crippen LogP contribution in [-0.4, -0.2) is 44.5 Å². The van der Waals surface area contributed by atoms with Crippen molar-refractivity contribution in [2.45, 2.75) is 19.1 Å². The van der Waals surface area contributed by atoms with E-state index < -0.39 is 0 Å². The molecular formula is C19H17BrN4O3. The predicted octanol–water partition coefficient (Wildman–Crippen LogP) is 2.23. The van der Waals surface area contributed by atoms with E-state index in [9.17, 15) is 9.59 Å². The van der Waals surface area contributed by atoms with Gasteiger partial charge in [0.1, 0.15) is 12.6 Å². The Hall–Kier alpha value is -2.74. The van der Waals surface area contributed by atoms with E-state index in [0.29, 0.717) is 29.9 Å². The van der Waals surface area contributed by atoms with E-state index in [0.717, 1.165) is 10.9 Å². The fraction of sp³-hybridized carbons (Fsp3) is 0.263. The zero-order chi connectivity index (χ0) is 18.8. The standard InChI is InChI=1S/C19H17BrN4O3/c20-15-5-3-8-21-18(15)27-13-7-9-23(10-13)17(25)11-24-12-22-16-6-2-1-4-14(16)19(24)26/h1-6,8,12-13H,7,9-11H2/t13-/m1/s1. The van der Waals surface area contributed by atoms with Crippen molar-refractivity contribution in [3.8, 4) is 5.88 Å². The smallest absolute Gasteiger partial charge is 0.261 e. The van der Waals surface area contributed by atoms with E-state index in [1.54, 1.807) is 29.3 Å². The molecular weight excluding hydrogens is 412 g/mol. The van der Waals surface area contributed by atoms with Crippen molar-refractivity contribution in [1.29, 1.82) is 0 Å². The molecule has 138 valence electrons. The molecule has 1 aliphatic rings. The zero-order valence-corrected chi connectivity index (χ0v) is 16.0. The molecule has 4 rings (SSSR count). The lowest BCUT2D eigenvalue weighted by molar-refractivity contribution is -0.131. The molecule has 1 aromatic carbocycles. The van der Waals surface area contributed by atoms with Crippen molar-refractivity contribution in [3.63, 3.8) is 0 Å². The Balaban J connectivity index is 1.43. The molecule has 0 radical (unpaired) electrons. The average Bonchev–Trinajstić information content (AvgIpc) is 3.15. The van der Waals surface area contributed by atoms with Gasteiger partial charge in [-0.1, -0.05) is 12.1 Å². The van der Waals surface area contributed by atoms with Crippen LogP contribution in [0, 0.1) is 0 Å². The van der Waals surface area contributed by atoms with E-state index in [2.05, 4.69) is 25.9 Å². The van der Waals surface area contributed by atoms with E-state index >= 15 is 0 Å². The minimum atomic E-state index is -0.210. The highest BCUT2D eigenvalue weighted by molar-refractivity contribution is 9.10. The average molecular weight is 429 g/mol. The second-order valence-electron chi connectivity index (χ2n) is 6.35. The lowest BCUT2D eigenvalue weighted by Gasteiger charge is -2.18. The summed E-state index contributed by atoms with van der Waals surface area (Å²) in [5, 5.41) is 0.510. The van der Waals surface area contributed by atoms with E-state index in [1.165, 1.54) is 10.9 Å². The van der Waals surface area contributed by atoms with Gasteiger partial charge in [-0.15, -0.1) is 0 Å². The number of pyridine rings is 1. The van der Waals surface area contributed by atoms with Gasteiger partial charge in [-0.2, -0.15) is 0 Å². The van der Waals surface area contributed by atoms with Gasteiger partial charge in [0.15, 0.2) is 0 Å². The van der Waals surface area contributed by atoms with Crippen molar-refractivity contribution in [1.82, 2.24) is 19.4 Å². The summed E-state index contributed by atoms with van der Waals surface area (Å²) in [7, 11) is 0. The van der Waals surface area contributed by atoms with Crippen LogP contribution in [0.4, 0.5) is 0 Å². The number of ether oxygens (including phenoxy) is 1. The molecule has 0 saturated carbocycles. The Morgan fingerprint density at radius 1 is 1.22 bits per heavy atom. The Bertz CT molecular complexity index is 1050. The first kappa shape index (κ1) is 17.7. The second-order valence-corrected chi connectivity index (χ2v) is 7.21. The van der Waals surface area contributed by atoms with Crippen LogP contribution in [0.2, 0.25) is 0 Å². The minimum absolute atomic E-state index is 0.0311. The fourth-order valence-corrected chi connectivity index (χ4v) is 3.48. The molecule has 0 aliphatic carbocycles. The SMILES string of the molecule is O=C(Cn1cnc2ccccc2c1=O)N1CC[C@@H](Oc2ncccc2Br)C1. The Labute approximate surface area is 163 Å². The van der Waals surface area contributed by atoms with Gasteiger partial charge in [0.25, 0.3) is 5.56 Å². The number of aromatic nitrogens is 3. The number of para-hydroxylation sites is 1. The third-order valence-electron chi connectivity index (χ3n) is 4.54. The highest BCUT2D eigenvalue weighted by Gasteiger charge is 2.28. The number of amides is 1. The number of carbonyl (C=O) groups excluding carboxylic acids is 1. The van der Waals surface area contributed by atoms with Crippen LogP contribution in [0.25, 0.3) is 10.9 Å². The largest absolute Gasteiger partial charge is 0.472 e. The van der Waals surface area contributed by atoms with Gasteiger partial charge in [0.2, 0.25) is 11.8 Å². The van der Waals surface area contributed by atoms with Crippen LogP contribution >= 0.6 is 15.9 Å². The summed E-state index contributed by atoms with van der Waals surface area (Å²) in [6.45, 7) is 1.03. The molecule has 1 saturated heterocycles. The van der Waals surface area contributed by atoms with Crippen LogP contribution in [0.1, 0.15) is 6.42 Å². The Morgan fingerprint density at radius 3 is 2.93 bits per heavy atom. The lowest BCUT2D eigenvalue weighted by Crippen LogP contribution is -2.36. The van der Waals surface area contributed by atoms with Gasteiger partial charge >= 0.3 is 0 Å². The molecule has 1 aliphatic heterocycles. The van der Waals surface area contributed by atoms with Crippen molar-refractivity contribution in [2.75, 3.05) is 13.1 Å². The molecule has 0 bridgehead atoms. The summed E-state index contributed by atoms with van der Waals surface area (Å²) < 4.78 is 8.02. The molecule has 27 heavy (non-hydrogen) atoms. The number of carbonyl (C=O) groups is 1. The maximum atomic E-state index is 12.6. The molecule has 1 atom stereocenters. The van der Waals surface area contributed by atoms with Gasteiger partial charge in [-0.3, -0.25) is 14.2 Å². The first-order valence-corrected chi connectivity index (χ1v) is 9.40. The lowest BCUT2D eigenvalue weighted by atomic mass is 10.2. The molecule has 3 aromatic rings. The minimum Gasteiger partial charge on any atom is -0.472 e. The van der Waals surface area contributed by atoms with Crippen LogP contribution in [0.5, 0.6) is 5.88 Å². The second kappa shape index (κ2) is 7.48. The topological polar surface area (TPSA) is 77.3 Å². The number of likely N-dealkylation sites (tertiary alicyclic amines) is 1. The predicted molar refractivity (Wildman–Crippen MR) is 104 cm³/mol. The van der Waals surface area contributed by atoms with E-state index in [1.807, 2.05) is 18.2 Å². The first-order chi connectivity index (χ1) is 13.1. The normalized spacial score (nSPS) is 16.6. The van der Waals surface area contributed by atoms with Gasteiger partial charge < -0.3 is 9.64 Å². The van der Waals surface area contributed by atoms with E-state index in [-0.39, 0.29) is 24.1 Å². The highest BCUT2D eigenvalue weighted by Crippen LogP contribution is 2.24. The third kappa shape index (κ3) is 3.71. The van der Waals surface area contributed by atoms with Gasteiger partial charge in [-0.25, -0.2) is 9.97 Å². The maximum absolute atomic E-state index is 12.6. The maximum Gasteiger partial charge on any atom is 0.261 e. The summed E-state index contributed by atoms with van der Waals surface area (Å²) in [6, 6.07) is 10.8. The van der Waals surface area contributed by atoms with Gasteiger partial charge in [-0.05, 0) is 40.2 Å². The number of hydrogen-bond donors (Lipinski definition) is 0. The molecule has 1 fully saturated rings. The van der Waals surface area contributed by atoms with Crippen LogP contribution in [-0.2, 0) is 11.3 Å². The summed E-state index contributed by atoms with van der Waals surface area (Å²) in [5.74, 6) is 0.395. The highest BCUT2D eigenvalue weighted by atomic mass is 79.9. The van der Waals surface area contributed by atoms with Crippen LogP contribution in [0.3, 0.4) is 0 Å². The Kier molecular flexibility index (Phi) is 4.89. The number of benzene rings is 1.